The Labute approximate surface area is 137 Å². The summed E-state index contributed by atoms with van der Waals surface area (Å²) in [5.74, 6) is -1.03. The van der Waals surface area contributed by atoms with Crippen molar-refractivity contribution in [3.63, 3.8) is 0 Å². The normalized spacial score (nSPS) is 22.2. The van der Waals surface area contributed by atoms with E-state index in [2.05, 4.69) is 0 Å². The molecule has 2 N–H and O–H groups in total. The Kier molecular flexibility index (Phi) is 3.18. The van der Waals surface area contributed by atoms with Gasteiger partial charge in [0.25, 0.3) is 5.79 Å². The quantitative estimate of drug-likeness (QED) is 0.657. The van der Waals surface area contributed by atoms with E-state index in [1.165, 1.54) is 12.2 Å². The molecule has 1 aliphatic carbocycles. The summed E-state index contributed by atoms with van der Waals surface area (Å²) in [6.45, 7) is 0. The van der Waals surface area contributed by atoms with Crippen molar-refractivity contribution in [2.24, 2.45) is 0 Å². The third kappa shape index (κ3) is 2.18. The number of ether oxygens (including phenoxy) is 2. The van der Waals surface area contributed by atoms with Gasteiger partial charge in [0.2, 0.25) is 0 Å². The highest BCUT2D eigenvalue weighted by atomic mass is 16.7. The Balaban J connectivity index is 1.81. The van der Waals surface area contributed by atoms with E-state index in [1.807, 2.05) is 36.4 Å². The molecule has 2 aliphatic rings. The molecular formula is C19H14O5. The number of carboxylic acids is 1. The van der Waals surface area contributed by atoms with Gasteiger partial charge in [0.05, 0.1) is 11.0 Å². The predicted octanol–water partition coefficient (Wildman–Crippen LogP) is 2.81. The molecule has 0 saturated heterocycles. The molecule has 5 nitrogen and oxygen atoms in total. The van der Waals surface area contributed by atoms with Crippen LogP contribution in [-0.2, 0) is 4.79 Å². The average molecular weight is 322 g/mol. The highest BCUT2D eigenvalue weighted by Crippen LogP contribution is 2.46. The molecule has 0 radical (unpaired) electrons. The predicted molar refractivity (Wildman–Crippen MR) is 87.9 cm³/mol. The minimum Gasteiger partial charge on any atom is -0.478 e. The van der Waals surface area contributed by atoms with Gasteiger partial charge < -0.3 is 19.7 Å². The second-order valence-corrected chi connectivity index (χ2v) is 5.61. The summed E-state index contributed by atoms with van der Waals surface area (Å²) < 4.78 is 12.1. The van der Waals surface area contributed by atoms with Crippen molar-refractivity contribution in [2.75, 3.05) is 0 Å². The Bertz CT molecular complexity index is 882. The lowest BCUT2D eigenvalue weighted by Gasteiger charge is -2.36. The van der Waals surface area contributed by atoms with Crippen LogP contribution < -0.4 is 9.47 Å². The number of carboxylic acid groups (broad SMARTS) is 1. The van der Waals surface area contributed by atoms with Crippen molar-refractivity contribution in [1.82, 2.24) is 0 Å². The van der Waals surface area contributed by atoms with Gasteiger partial charge in [-0.3, -0.25) is 0 Å². The molecule has 5 heteroatoms. The van der Waals surface area contributed by atoms with Crippen molar-refractivity contribution < 1.29 is 24.5 Å². The van der Waals surface area contributed by atoms with Crippen molar-refractivity contribution in [1.29, 1.82) is 0 Å². The van der Waals surface area contributed by atoms with Gasteiger partial charge >= 0.3 is 5.97 Å². The van der Waals surface area contributed by atoms with Crippen LogP contribution in [0.3, 0.4) is 0 Å². The molecule has 24 heavy (non-hydrogen) atoms. The first kappa shape index (κ1) is 14.5. The lowest BCUT2D eigenvalue weighted by atomic mass is 10.0. The van der Waals surface area contributed by atoms with E-state index in [0.717, 1.165) is 16.8 Å². The van der Waals surface area contributed by atoms with Crippen LogP contribution in [0.4, 0.5) is 0 Å². The summed E-state index contributed by atoms with van der Waals surface area (Å²) in [4.78, 5) is 10.7. The minimum absolute atomic E-state index is 0.423. The SMILES string of the molecule is O=C(O)/C=C/C=C1[C@@H](O)C=CC12Oc1cccc3cccc(c13)O2. The van der Waals surface area contributed by atoms with Crippen LogP contribution in [0.15, 0.2) is 72.4 Å². The van der Waals surface area contributed by atoms with Crippen molar-refractivity contribution in [3.05, 3.63) is 72.4 Å². The Morgan fingerprint density at radius 1 is 1.12 bits per heavy atom. The molecular weight excluding hydrogens is 308 g/mol. The van der Waals surface area contributed by atoms with E-state index in [-0.39, 0.29) is 0 Å². The smallest absolute Gasteiger partial charge is 0.328 e. The van der Waals surface area contributed by atoms with Gasteiger partial charge in [-0.25, -0.2) is 4.79 Å². The second-order valence-electron chi connectivity index (χ2n) is 5.61. The number of rotatable bonds is 2. The van der Waals surface area contributed by atoms with Gasteiger partial charge in [-0.1, -0.05) is 36.4 Å². The zero-order chi connectivity index (χ0) is 16.7. The number of carbonyl (C=O) groups is 1. The van der Waals surface area contributed by atoms with Crippen LogP contribution in [0.2, 0.25) is 0 Å². The second kappa shape index (κ2) is 5.25. The molecule has 1 aliphatic heterocycles. The average Bonchev–Trinajstić information content (AvgIpc) is 2.84. The molecule has 1 atom stereocenters. The first-order valence-corrected chi connectivity index (χ1v) is 7.48. The van der Waals surface area contributed by atoms with Crippen LogP contribution in [0.1, 0.15) is 0 Å². The van der Waals surface area contributed by atoms with E-state index < -0.39 is 17.9 Å². The largest absolute Gasteiger partial charge is 0.478 e. The molecule has 0 saturated carbocycles. The summed E-state index contributed by atoms with van der Waals surface area (Å²) in [5.41, 5.74) is 0.423. The third-order valence-electron chi connectivity index (χ3n) is 4.08. The van der Waals surface area contributed by atoms with E-state index in [9.17, 15) is 9.90 Å². The van der Waals surface area contributed by atoms with Crippen LogP contribution in [0.5, 0.6) is 11.5 Å². The first-order chi connectivity index (χ1) is 11.6. The maximum atomic E-state index is 10.7. The number of hydrogen-bond donors (Lipinski definition) is 2. The van der Waals surface area contributed by atoms with E-state index in [1.54, 1.807) is 12.2 Å². The lowest BCUT2D eigenvalue weighted by molar-refractivity contribution is -0.131. The standard InChI is InChI=1S/C19H14O5/c20-14-10-11-19(13(14)6-3-9-17(21)22)23-15-7-1-4-12-5-2-8-16(24-19)18(12)15/h1-11,14,20H,(H,21,22)/b9-3+,13-6?/t14-/m0/s1. The Hall–Kier alpha value is -3.05. The van der Waals surface area contributed by atoms with E-state index in [4.69, 9.17) is 14.6 Å². The summed E-state index contributed by atoms with van der Waals surface area (Å²) in [5, 5.41) is 20.8. The molecule has 1 spiro atoms. The molecule has 0 aromatic heterocycles. The van der Waals surface area contributed by atoms with E-state index in [0.29, 0.717) is 17.1 Å². The highest BCUT2D eigenvalue weighted by molar-refractivity contribution is 5.94. The molecule has 120 valence electrons. The number of aliphatic hydroxyl groups is 1. The van der Waals surface area contributed by atoms with Gasteiger partial charge in [-0.2, -0.15) is 0 Å². The summed E-state index contributed by atoms with van der Waals surface area (Å²) in [7, 11) is 0. The van der Waals surface area contributed by atoms with Gasteiger partial charge in [-0.15, -0.1) is 0 Å². The molecule has 2 aromatic rings. The van der Waals surface area contributed by atoms with Crippen LogP contribution in [-0.4, -0.2) is 28.1 Å². The zero-order valence-corrected chi connectivity index (χ0v) is 12.5. The van der Waals surface area contributed by atoms with Gasteiger partial charge in [0.1, 0.15) is 17.6 Å². The number of aliphatic carboxylic acids is 1. The fraction of sp³-hybridized carbons (Fsp3) is 0.105. The summed E-state index contributed by atoms with van der Waals surface area (Å²) in [6, 6.07) is 11.4. The van der Waals surface area contributed by atoms with Crippen LogP contribution in [0.25, 0.3) is 10.8 Å². The van der Waals surface area contributed by atoms with Gasteiger partial charge in [0.15, 0.2) is 0 Å². The lowest BCUT2D eigenvalue weighted by Crippen LogP contribution is -2.44. The van der Waals surface area contributed by atoms with Crippen molar-refractivity contribution in [2.45, 2.75) is 11.9 Å². The minimum atomic E-state index is -1.27. The fourth-order valence-corrected chi connectivity index (χ4v) is 3.05. The van der Waals surface area contributed by atoms with Crippen LogP contribution in [0, 0.1) is 0 Å². The van der Waals surface area contributed by atoms with E-state index >= 15 is 0 Å². The highest BCUT2D eigenvalue weighted by Gasteiger charge is 2.46. The van der Waals surface area contributed by atoms with Gasteiger partial charge in [0, 0.05) is 12.2 Å². The number of hydrogen-bond acceptors (Lipinski definition) is 4. The molecule has 0 fully saturated rings. The maximum absolute atomic E-state index is 10.7. The third-order valence-corrected chi connectivity index (χ3v) is 4.08. The Morgan fingerprint density at radius 2 is 1.79 bits per heavy atom. The molecule has 0 bridgehead atoms. The molecule has 0 amide bonds. The summed E-state index contributed by atoms with van der Waals surface area (Å²) in [6.07, 6.45) is 6.15. The zero-order valence-electron chi connectivity index (χ0n) is 12.5. The molecule has 0 unspecified atom stereocenters. The Morgan fingerprint density at radius 3 is 2.42 bits per heavy atom. The summed E-state index contributed by atoms with van der Waals surface area (Å²) >= 11 is 0. The van der Waals surface area contributed by atoms with Crippen molar-refractivity contribution >= 4 is 16.7 Å². The molecule has 2 aromatic carbocycles. The van der Waals surface area contributed by atoms with Gasteiger partial charge in [-0.05, 0) is 23.6 Å². The number of benzene rings is 2. The molecule has 1 heterocycles. The number of aliphatic hydroxyl groups excluding tert-OH is 1. The maximum Gasteiger partial charge on any atom is 0.328 e. The fourth-order valence-electron chi connectivity index (χ4n) is 3.05. The first-order valence-electron chi connectivity index (χ1n) is 7.48. The number of allylic oxidation sites excluding steroid dienone is 2. The van der Waals surface area contributed by atoms with Crippen LogP contribution >= 0.6 is 0 Å². The monoisotopic (exact) mass is 322 g/mol. The molecule has 4 rings (SSSR count). The topological polar surface area (TPSA) is 76.0 Å². The van der Waals surface area contributed by atoms with Crippen molar-refractivity contribution in [3.8, 4) is 11.5 Å².